The summed E-state index contributed by atoms with van der Waals surface area (Å²) in [5, 5.41) is 19.3. The number of aliphatic hydroxyl groups excluding tert-OH is 2. The summed E-state index contributed by atoms with van der Waals surface area (Å²) in [4.78, 5) is 12.2. The van der Waals surface area contributed by atoms with Gasteiger partial charge in [0, 0.05) is 18.6 Å². The molecule has 1 saturated carbocycles. The molecule has 3 rings (SSSR count). The summed E-state index contributed by atoms with van der Waals surface area (Å²) < 4.78 is 16.0. The van der Waals surface area contributed by atoms with Crippen molar-refractivity contribution >= 4 is 5.97 Å². The minimum Gasteiger partial charge on any atom is -0.462 e. The molecular formula is C37H52O6. The van der Waals surface area contributed by atoms with E-state index in [0.29, 0.717) is 11.8 Å². The molecule has 1 fully saturated rings. The van der Waals surface area contributed by atoms with Crippen molar-refractivity contribution in [3.8, 4) is 11.1 Å². The predicted molar refractivity (Wildman–Crippen MR) is 173 cm³/mol. The Morgan fingerprint density at radius 2 is 1.60 bits per heavy atom. The standard InChI is InChI=1S/C37H52O6/c1-5-6-7-8-29-11-15-32(16-12-29)34-19-21-35(22-20-34)33-17-13-30(14-18-33)9-10-31(25-42-36(39)27(2)23-38)26-43-37(40)28(3)24-41-4/h11-12,15-16,19-22,30-31,33,36,38-39H,2-3,5-10,13-14,17-18,23-26H2,1,4H3. The fraction of sp³-hybridized carbons (Fsp3) is 0.541. The number of carbonyl (C=O) groups is 1. The molecule has 0 aromatic heterocycles. The number of carbonyl (C=O) groups excluding carboxylic acids is 1. The molecule has 0 spiro atoms. The second-order valence-electron chi connectivity index (χ2n) is 12.1. The fourth-order valence-corrected chi connectivity index (χ4v) is 5.81. The van der Waals surface area contributed by atoms with Crippen LogP contribution >= 0.6 is 0 Å². The first-order chi connectivity index (χ1) is 20.8. The van der Waals surface area contributed by atoms with Crippen LogP contribution in [0, 0.1) is 11.8 Å². The van der Waals surface area contributed by atoms with Gasteiger partial charge in [-0.1, -0.05) is 81.5 Å². The van der Waals surface area contributed by atoms with Crippen molar-refractivity contribution in [3.05, 3.63) is 84.0 Å². The normalized spacial score (nSPS) is 18.1. The maximum atomic E-state index is 12.2. The predicted octanol–water partition coefficient (Wildman–Crippen LogP) is 7.39. The van der Waals surface area contributed by atoms with Crippen LogP contribution < -0.4 is 0 Å². The molecule has 0 amide bonds. The van der Waals surface area contributed by atoms with Gasteiger partial charge in [-0.25, -0.2) is 4.79 Å². The first-order valence-corrected chi connectivity index (χ1v) is 16.0. The van der Waals surface area contributed by atoms with Crippen molar-refractivity contribution in [2.24, 2.45) is 11.8 Å². The van der Waals surface area contributed by atoms with Crippen molar-refractivity contribution in [1.82, 2.24) is 0 Å². The minimum atomic E-state index is -1.25. The Bertz CT molecular complexity index is 1110. The number of esters is 1. The first kappa shape index (κ1) is 34.7. The number of aliphatic hydroxyl groups is 2. The number of rotatable bonds is 19. The Kier molecular flexibility index (Phi) is 15.2. The van der Waals surface area contributed by atoms with Gasteiger partial charge in [-0.05, 0) is 85.5 Å². The van der Waals surface area contributed by atoms with Crippen molar-refractivity contribution in [2.45, 2.75) is 83.3 Å². The van der Waals surface area contributed by atoms with E-state index in [1.54, 1.807) is 0 Å². The lowest BCUT2D eigenvalue weighted by molar-refractivity contribution is -0.143. The second kappa shape index (κ2) is 18.8. The van der Waals surface area contributed by atoms with Gasteiger partial charge in [-0.2, -0.15) is 0 Å². The van der Waals surface area contributed by atoms with Gasteiger partial charge < -0.3 is 24.4 Å². The molecule has 6 heteroatoms. The summed E-state index contributed by atoms with van der Waals surface area (Å²) in [6, 6.07) is 18.2. The zero-order valence-corrected chi connectivity index (χ0v) is 26.3. The van der Waals surface area contributed by atoms with Crippen LogP contribution in [-0.2, 0) is 25.4 Å². The molecule has 2 atom stereocenters. The molecular weight excluding hydrogens is 540 g/mol. The Morgan fingerprint density at radius 3 is 2.21 bits per heavy atom. The van der Waals surface area contributed by atoms with E-state index in [1.807, 2.05) is 0 Å². The third kappa shape index (κ3) is 11.7. The lowest BCUT2D eigenvalue weighted by Gasteiger charge is -2.30. The van der Waals surface area contributed by atoms with E-state index in [4.69, 9.17) is 14.2 Å². The molecule has 2 aromatic rings. The van der Waals surface area contributed by atoms with E-state index in [0.717, 1.165) is 32.1 Å². The summed E-state index contributed by atoms with van der Waals surface area (Å²) in [6.45, 7) is 9.71. The van der Waals surface area contributed by atoms with E-state index in [1.165, 1.54) is 61.5 Å². The van der Waals surface area contributed by atoms with E-state index in [2.05, 4.69) is 68.6 Å². The molecule has 0 saturated heterocycles. The number of methoxy groups -OCH3 is 1. The van der Waals surface area contributed by atoms with Crippen LogP contribution in [0.4, 0.5) is 0 Å². The largest absolute Gasteiger partial charge is 0.462 e. The molecule has 0 aliphatic heterocycles. The highest BCUT2D eigenvalue weighted by atomic mass is 16.6. The highest BCUT2D eigenvalue weighted by molar-refractivity contribution is 5.87. The zero-order chi connectivity index (χ0) is 31.0. The average molecular weight is 593 g/mol. The summed E-state index contributed by atoms with van der Waals surface area (Å²) in [5.41, 5.74) is 5.85. The van der Waals surface area contributed by atoms with Crippen LogP contribution in [0.25, 0.3) is 11.1 Å². The summed E-state index contributed by atoms with van der Waals surface area (Å²) in [7, 11) is 1.50. The number of unbranched alkanes of at least 4 members (excludes halogenated alkanes) is 2. The van der Waals surface area contributed by atoms with E-state index >= 15 is 0 Å². The summed E-state index contributed by atoms with van der Waals surface area (Å²) in [5.74, 6) is 0.609. The molecule has 236 valence electrons. The van der Waals surface area contributed by atoms with Crippen LogP contribution in [0.2, 0.25) is 0 Å². The molecule has 0 bridgehead atoms. The van der Waals surface area contributed by atoms with Gasteiger partial charge in [0.05, 0.1) is 32.0 Å². The molecule has 0 radical (unpaired) electrons. The lowest BCUT2D eigenvalue weighted by Crippen LogP contribution is -2.26. The Balaban J connectivity index is 1.48. The van der Waals surface area contributed by atoms with Crippen LogP contribution in [0.1, 0.15) is 81.8 Å². The smallest absolute Gasteiger partial charge is 0.335 e. The van der Waals surface area contributed by atoms with Gasteiger partial charge in [-0.15, -0.1) is 0 Å². The number of benzene rings is 2. The third-order valence-electron chi connectivity index (χ3n) is 8.67. The van der Waals surface area contributed by atoms with Gasteiger partial charge in [-0.3, -0.25) is 0 Å². The SMILES string of the molecule is C=C(COC)C(=O)OCC(CCC1CCC(c2ccc(-c3ccc(CCCCC)cc3)cc2)CC1)COC(O)C(=C)CO. The van der Waals surface area contributed by atoms with Crippen LogP contribution in [0.3, 0.4) is 0 Å². The van der Waals surface area contributed by atoms with Crippen molar-refractivity contribution < 1.29 is 29.2 Å². The van der Waals surface area contributed by atoms with Gasteiger partial charge in [0.2, 0.25) is 0 Å². The minimum absolute atomic E-state index is 0.0869. The highest BCUT2D eigenvalue weighted by Crippen LogP contribution is 2.38. The second-order valence-corrected chi connectivity index (χ2v) is 12.1. The van der Waals surface area contributed by atoms with Crippen LogP contribution in [0.5, 0.6) is 0 Å². The topological polar surface area (TPSA) is 85.2 Å². The molecule has 2 unspecified atom stereocenters. The zero-order valence-electron chi connectivity index (χ0n) is 26.3. The molecule has 1 aliphatic carbocycles. The lowest BCUT2D eigenvalue weighted by atomic mass is 9.76. The first-order valence-electron chi connectivity index (χ1n) is 16.0. The summed E-state index contributed by atoms with van der Waals surface area (Å²) >= 11 is 0. The molecule has 2 N–H and O–H groups in total. The molecule has 1 aliphatic rings. The Labute approximate surface area is 258 Å². The van der Waals surface area contributed by atoms with Crippen molar-refractivity contribution in [1.29, 1.82) is 0 Å². The van der Waals surface area contributed by atoms with Crippen LogP contribution in [0.15, 0.2) is 72.8 Å². The van der Waals surface area contributed by atoms with Crippen molar-refractivity contribution in [2.75, 3.05) is 33.5 Å². The summed E-state index contributed by atoms with van der Waals surface area (Å²) in [6.07, 6.45) is 10.2. The Hall–Kier alpha value is -2.77. The fourth-order valence-electron chi connectivity index (χ4n) is 5.81. The highest BCUT2D eigenvalue weighted by Gasteiger charge is 2.24. The van der Waals surface area contributed by atoms with Gasteiger partial charge in [0.1, 0.15) is 0 Å². The average Bonchev–Trinajstić information content (AvgIpc) is 3.04. The van der Waals surface area contributed by atoms with E-state index in [9.17, 15) is 15.0 Å². The van der Waals surface area contributed by atoms with Gasteiger partial charge in [0.15, 0.2) is 6.29 Å². The number of aryl methyl sites for hydroxylation is 1. The van der Waals surface area contributed by atoms with Gasteiger partial charge >= 0.3 is 5.97 Å². The van der Waals surface area contributed by atoms with E-state index in [-0.39, 0.29) is 43.5 Å². The Morgan fingerprint density at radius 1 is 0.953 bits per heavy atom. The molecule has 6 nitrogen and oxygen atoms in total. The van der Waals surface area contributed by atoms with Gasteiger partial charge in [0.25, 0.3) is 0 Å². The maximum absolute atomic E-state index is 12.2. The molecule has 0 heterocycles. The van der Waals surface area contributed by atoms with Crippen molar-refractivity contribution in [3.63, 3.8) is 0 Å². The van der Waals surface area contributed by atoms with Crippen LogP contribution in [-0.4, -0.2) is 56.0 Å². The monoisotopic (exact) mass is 592 g/mol. The molecule has 43 heavy (non-hydrogen) atoms. The number of hydrogen-bond donors (Lipinski definition) is 2. The molecule has 2 aromatic carbocycles. The van der Waals surface area contributed by atoms with E-state index < -0.39 is 12.3 Å². The quantitative estimate of drug-likeness (QED) is 0.0582. The number of hydrogen-bond acceptors (Lipinski definition) is 6. The maximum Gasteiger partial charge on any atom is 0.335 e. The number of ether oxygens (including phenoxy) is 3. The third-order valence-corrected chi connectivity index (χ3v) is 8.67.